The molecule has 9 nitrogen and oxygen atoms in total. The minimum absolute atomic E-state index is 0.0149. The summed E-state index contributed by atoms with van der Waals surface area (Å²) in [6.45, 7) is 4.50. The number of halogens is 1. The van der Waals surface area contributed by atoms with Crippen LogP contribution in [0.4, 0.5) is 0 Å². The minimum Gasteiger partial charge on any atom is -0.485 e. The summed E-state index contributed by atoms with van der Waals surface area (Å²) in [6.07, 6.45) is 1.26. The van der Waals surface area contributed by atoms with Crippen molar-refractivity contribution in [3.63, 3.8) is 0 Å². The van der Waals surface area contributed by atoms with Gasteiger partial charge < -0.3 is 9.47 Å². The van der Waals surface area contributed by atoms with Crippen LogP contribution in [-0.2, 0) is 11.3 Å². The molecule has 0 radical (unpaired) electrons. The van der Waals surface area contributed by atoms with E-state index in [1.54, 1.807) is 30.3 Å². The Morgan fingerprint density at radius 3 is 2.67 bits per heavy atom. The van der Waals surface area contributed by atoms with E-state index in [0.717, 1.165) is 0 Å². The molecule has 3 aromatic rings. The molecule has 33 heavy (non-hydrogen) atoms. The highest BCUT2D eigenvalue weighted by atomic mass is 35.5. The average Bonchev–Trinajstić information content (AvgIpc) is 3.24. The van der Waals surface area contributed by atoms with Crippen LogP contribution in [0.2, 0.25) is 5.02 Å². The van der Waals surface area contributed by atoms with E-state index in [0.29, 0.717) is 39.6 Å². The number of carbonyl (C=O) groups excluding carboxylic acids is 2. The molecule has 1 atom stereocenters. The first-order valence-electron chi connectivity index (χ1n) is 9.95. The lowest BCUT2D eigenvalue weighted by Crippen LogP contribution is -2.42. The highest BCUT2D eigenvalue weighted by Crippen LogP contribution is 2.36. The molecule has 0 saturated carbocycles. The van der Waals surface area contributed by atoms with Crippen molar-refractivity contribution in [3.05, 3.63) is 77.6 Å². The number of para-hydroxylation sites is 2. The molecule has 1 aliphatic rings. The highest BCUT2D eigenvalue weighted by Gasteiger charge is 2.28. The fraction of sp³-hybridized carbons (Fsp3) is 0.182. The number of amides is 2. The van der Waals surface area contributed by atoms with Crippen molar-refractivity contribution in [2.45, 2.75) is 17.8 Å². The summed E-state index contributed by atoms with van der Waals surface area (Å²) in [5.74, 6) is 1.05. The smallest absolute Gasteiger partial charge is 0.269 e. The van der Waals surface area contributed by atoms with E-state index in [1.165, 1.54) is 11.8 Å². The summed E-state index contributed by atoms with van der Waals surface area (Å²) in [7, 11) is 0. The van der Waals surface area contributed by atoms with E-state index >= 15 is 0 Å². The Morgan fingerprint density at radius 2 is 1.91 bits per heavy atom. The summed E-state index contributed by atoms with van der Waals surface area (Å²) < 4.78 is 13.6. The molecule has 2 aromatic carbocycles. The molecular formula is C22H20ClN5O4S. The van der Waals surface area contributed by atoms with E-state index in [1.807, 2.05) is 28.8 Å². The van der Waals surface area contributed by atoms with E-state index < -0.39 is 17.9 Å². The number of rotatable bonds is 7. The van der Waals surface area contributed by atoms with Crippen molar-refractivity contribution < 1.29 is 19.1 Å². The van der Waals surface area contributed by atoms with Crippen molar-refractivity contribution in [2.24, 2.45) is 0 Å². The van der Waals surface area contributed by atoms with Crippen LogP contribution < -0.4 is 20.3 Å². The number of benzene rings is 2. The van der Waals surface area contributed by atoms with Gasteiger partial charge in [0.15, 0.2) is 28.6 Å². The number of ether oxygens (including phenoxy) is 2. The van der Waals surface area contributed by atoms with E-state index in [9.17, 15) is 9.59 Å². The number of hydrogen-bond acceptors (Lipinski definition) is 7. The first-order valence-corrected chi connectivity index (χ1v) is 11.3. The molecule has 0 fully saturated rings. The highest BCUT2D eigenvalue weighted by molar-refractivity contribution is 7.99. The first-order chi connectivity index (χ1) is 16.0. The fourth-order valence-corrected chi connectivity index (χ4v) is 3.94. The van der Waals surface area contributed by atoms with Crippen LogP contribution in [-0.4, -0.2) is 38.9 Å². The molecule has 1 aromatic heterocycles. The molecule has 4 rings (SSSR count). The fourth-order valence-electron chi connectivity index (χ4n) is 3.06. The maximum atomic E-state index is 12.2. The molecule has 2 amide bonds. The van der Waals surface area contributed by atoms with Gasteiger partial charge in [0, 0.05) is 17.1 Å². The molecule has 1 unspecified atom stereocenters. The summed E-state index contributed by atoms with van der Waals surface area (Å²) >= 11 is 6.99. The molecule has 1 aliphatic heterocycles. The molecule has 2 heterocycles. The largest absolute Gasteiger partial charge is 0.485 e. The van der Waals surface area contributed by atoms with Crippen LogP contribution >= 0.6 is 23.4 Å². The Balaban J connectivity index is 1.36. The number of nitrogens with zero attached hydrogens (tertiary/aromatic N) is 3. The van der Waals surface area contributed by atoms with Crippen LogP contribution in [0.5, 0.6) is 11.5 Å². The summed E-state index contributed by atoms with van der Waals surface area (Å²) in [6, 6.07) is 13.7. The van der Waals surface area contributed by atoms with Crippen LogP contribution in [0.15, 0.2) is 66.3 Å². The lowest BCUT2D eigenvalue weighted by molar-refractivity contribution is -0.119. The number of fused-ring (bicyclic) bond motifs is 1. The van der Waals surface area contributed by atoms with Crippen LogP contribution in [0.25, 0.3) is 0 Å². The standard InChI is InChI=1S/C22H20ClN5O4S/c1-2-11-28-20(18-12-31-16-5-3-4-6-17(16)32-18)25-27-22(28)33-13-19(29)24-26-21(30)14-7-9-15(23)10-8-14/h2-10,18H,1,11-13H2,(H,24,29)(H,26,30). The van der Waals surface area contributed by atoms with Gasteiger partial charge in [0.2, 0.25) is 5.91 Å². The number of carbonyl (C=O) groups is 2. The third-order valence-corrected chi connectivity index (χ3v) is 5.83. The Labute approximate surface area is 199 Å². The molecular weight excluding hydrogens is 466 g/mol. The van der Waals surface area contributed by atoms with Gasteiger partial charge in [-0.05, 0) is 36.4 Å². The SMILES string of the molecule is C=CCn1c(SCC(=O)NNC(=O)c2ccc(Cl)cc2)nnc1C1COc2ccccc2O1. The zero-order valence-electron chi connectivity index (χ0n) is 17.4. The van der Waals surface area contributed by atoms with Gasteiger partial charge in [0.05, 0.1) is 5.75 Å². The van der Waals surface area contributed by atoms with E-state index in [4.69, 9.17) is 21.1 Å². The zero-order chi connectivity index (χ0) is 23.2. The molecule has 11 heteroatoms. The average molecular weight is 486 g/mol. The Bertz CT molecular complexity index is 1170. The predicted octanol–water partition coefficient (Wildman–Crippen LogP) is 3.18. The number of hydrogen-bond donors (Lipinski definition) is 2. The molecule has 0 aliphatic carbocycles. The van der Waals surface area contributed by atoms with Crippen molar-refractivity contribution in [2.75, 3.05) is 12.4 Å². The third-order valence-electron chi connectivity index (χ3n) is 4.61. The van der Waals surface area contributed by atoms with Crippen molar-refractivity contribution in [3.8, 4) is 11.5 Å². The van der Waals surface area contributed by atoms with Crippen molar-refractivity contribution in [1.29, 1.82) is 0 Å². The third kappa shape index (κ3) is 5.47. The Hall–Kier alpha value is -3.50. The minimum atomic E-state index is -0.450. The van der Waals surface area contributed by atoms with Crippen molar-refractivity contribution >= 4 is 35.2 Å². The second-order valence-electron chi connectivity index (χ2n) is 6.90. The van der Waals surface area contributed by atoms with Gasteiger partial charge in [-0.3, -0.25) is 25.0 Å². The Kier molecular flexibility index (Phi) is 7.16. The number of thioether (sulfide) groups is 1. The van der Waals surface area contributed by atoms with Crippen LogP contribution in [0, 0.1) is 0 Å². The van der Waals surface area contributed by atoms with Gasteiger partial charge in [-0.1, -0.05) is 41.6 Å². The van der Waals surface area contributed by atoms with Gasteiger partial charge in [-0.25, -0.2) is 0 Å². The lowest BCUT2D eigenvalue weighted by atomic mass is 10.2. The lowest BCUT2D eigenvalue weighted by Gasteiger charge is -2.26. The van der Waals surface area contributed by atoms with Gasteiger partial charge in [0.1, 0.15) is 6.61 Å². The quantitative estimate of drug-likeness (QED) is 0.300. The number of allylic oxidation sites excluding steroid dienone is 1. The summed E-state index contributed by atoms with van der Waals surface area (Å²) in [4.78, 5) is 24.3. The normalized spacial score (nSPS) is 14.4. The summed E-state index contributed by atoms with van der Waals surface area (Å²) in [5.41, 5.74) is 5.13. The molecule has 0 bridgehead atoms. The molecule has 2 N–H and O–H groups in total. The molecule has 0 saturated heterocycles. The van der Waals surface area contributed by atoms with Gasteiger partial charge in [-0.2, -0.15) is 0 Å². The zero-order valence-corrected chi connectivity index (χ0v) is 18.9. The van der Waals surface area contributed by atoms with E-state index in [-0.39, 0.29) is 12.4 Å². The predicted molar refractivity (Wildman–Crippen MR) is 123 cm³/mol. The molecule has 0 spiro atoms. The number of aromatic nitrogens is 3. The second kappa shape index (κ2) is 10.4. The molecule has 170 valence electrons. The van der Waals surface area contributed by atoms with E-state index in [2.05, 4.69) is 27.6 Å². The Morgan fingerprint density at radius 1 is 1.15 bits per heavy atom. The monoisotopic (exact) mass is 485 g/mol. The topological polar surface area (TPSA) is 107 Å². The van der Waals surface area contributed by atoms with Crippen LogP contribution in [0.1, 0.15) is 22.3 Å². The maximum Gasteiger partial charge on any atom is 0.269 e. The summed E-state index contributed by atoms with van der Waals surface area (Å²) in [5, 5.41) is 9.50. The van der Waals surface area contributed by atoms with Gasteiger partial charge in [0.25, 0.3) is 5.91 Å². The van der Waals surface area contributed by atoms with Gasteiger partial charge >= 0.3 is 0 Å². The number of hydrazine groups is 1. The number of nitrogens with one attached hydrogen (secondary N) is 2. The maximum absolute atomic E-state index is 12.2. The van der Waals surface area contributed by atoms with Gasteiger partial charge in [-0.15, -0.1) is 16.8 Å². The van der Waals surface area contributed by atoms with Crippen LogP contribution in [0.3, 0.4) is 0 Å². The first kappa shape index (κ1) is 22.7. The van der Waals surface area contributed by atoms with Crippen molar-refractivity contribution in [1.82, 2.24) is 25.6 Å². The second-order valence-corrected chi connectivity index (χ2v) is 8.28.